The van der Waals surface area contributed by atoms with Crippen LogP contribution >= 0.6 is 0 Å². The maximum atomic E-state index is 10.0. The van der Waals surface area contributed by atoms with Crippen molar-refractivity contribution < 1.29 is 30.0 Å². The molecule has 44 heavy (non-hydrogen) atoms. The molecular weight excluding hydrogens is 727 g/mol. The fraction of sp³-hybridized carbons (Fsp3) is 0.0556. The third-order valence-corrected chi connectivity index (χ3v) is 7.35. The Hall–Kier alpha value is -5.17. The molecule has 4 aromatic heterocycles. The molecule has 0 unspecified atom stereocenters. The third-order valence-electron chi connectivity index (χ3n) is 7.35. The number of aliphatic hydroxyl groups is 1. The van der Waals surface area contributed by atoms with Gasteiger partial charge in [0, 0.05) is 59.9 Å². The van der Waals surface area contributed by atoms with E-state index >= 15 is 0 Å². The van der Waals surface area contributed by atoms with E-state index in [-0.39, 0.29) is 31.6 Å². The molecule has 217 valence electrons. The summed E-state index contributed by atoms with van der Waals surface area (Å²) >= 11 is 0. The molecule has 4 aromatic carbocycles. The van der Waals surface area contributed by atoms with E-state index in [4.69, 9.17) is 15.1 Å². The molecule has 4 heterocycles. The predicted octanol–water partition coefficient (Wildman–Crippen LogP) is 8.03. The van der Waals surface area contributed by atoms with Gasteiger partial charge in [-0.2, -0.15) is 29.4 Å². The van der Waals surface area contributed by atoms with Crippen molar-refractivity contribution in [2.75, 3.05) is 0 Å². The van der Waals surface area contributed by atoms with Gasteiger partial charge in [0.05, 0.1) is 34.2 Å². The van der Waals surface area contributed by atoms with Crippen LogP contribution in [0.3, 0.4) is 0 Å². The number of aromatic nitrogens is 5. The number of aliphatic hydroxyl groups excluding tert-OH is 1. The first-order chi connectivity index (χ1) is 21.0. The van der Waals surface area contributed by atoms with Gasteiger partial charge in [-0.1, -0.05) is 53.9 Å². The Bertz CT molecular complexity index is 2310. The van der Waals surface area contributed by atoms with Crippen LogP contribution in [0.15, 0.2) is 121 Å². The number of para-hydroxylation sites is 3. The predicted molar refractivity (Wildman–Crippen MR) is 171 cm³/mol. The number of rotatable bonds is 3. The number of pyridine rings is 1. The molecule has 0 aliphatic rings. The molecular formula is C36H26IrN5O2-. The van der Waals surface area contributed by atoms with Crippen LogP contribution in [0.25, 0.3) is 66.2 Å². The van der Waals surface area contributed by atoms with E-state index in [1.54, 1.807) is 6.20 Å². The van der Waals surface area contributed by atoms with Gasteiger partial charge in [-0.05, 0) is 49.7 Å². The van der Waals surface area contributed by atoms with Crippen molar-refractivity contribution >= 4 is 55.0 Å². The van der Waals surface area contributed by atoms with Gasteiger partial charge in [0.1, 0.15) is 5.52 Å². The maximum Gasteiger partial charge on any atom is 0.155 e. The number of nitrogens with zero attached hydrogens (tertiary/aromatic N) is 5. The topological polar surface area (TPSA) is 85.3 Å². The van der Waals surface area contributed by atoms with Crippen molar-refractivity contribution in [2.45, 2.75) is 13.8 Å². The SMILES string of the molecule is CC(=O)/C=C(/C)O.[Ir].[c-]1cccc2c3nc(-c4cccc(-n5c6ccccc6c6ccccc65)c4)cnc3c3ccnn3c12. The molecule has 0 atom stereocenters. The molecule has 0 saturated heterocycles. The molecule has 0 saturated carbocycles. The van der Waals surface area contributed by atoms with Gasteiger partial charge in [-0.15, -0.1) is 0 Å². The first-order valence-corrected chi connectivity index (χ1v) is 13.9. The fourth-order valence-corrected chi connectivity index (χ4v) is 5.66. The van der Waals surface area contributed by atoms with Gasteiger partial charge < -0.3 is 9.67 Å². The zero-order valence-corrected chi connectivity index (χ0v) is 26.3. The molecule has 0 spiro atoms. The Morgan fingerprint density at radius 3 is 2.20 bits per heavy atom. The zero-order chi connectivity index (χ0) is 29.5. The van der Waals surface area contributed by atoms with Gasteiger partial charge in [-0.25, -0.2) is 0 Å². The number of carbonyl (C=O) groups excluding carboxylic acids is 1. The molecule has 1 N–H and O–H groups in total. The minimum absolute atomic E-state index is 0. The smallest absolute Gasteiger partial charge is 0.155 e. The van der Waals surface area contributed by atoms with Crippen LogP contribution in [0.5, 0.6) is 0 Å². The molecule has 0 amide bonds. The van der Waals surface area contributed by atoms with Crippen LogP contribution in [0.1, 0.15) is 13.8 Å². The van der Waals surface area contributed by atoms with Crippen molar-refractivity contribution in [1.29, 1.82) is 0 Å². The van der Waals surface area contributed by atoms with Crippen LogP contribution in [0, 0.1) is 6.07 Å². The van der Waals surface area contributed by atoms with Crippen molar-refractivity contribution in [1.82, 2.24) is 24.1 Å². The van der Waals surface area contributed by atoms with Gasteiger partial charge in [0.25, 0.3) is 0 Å². The Kier molecular flexibility index (Phi) is 7.78. The van der Waals surface area contributed by atoms with E-state index in [2.05, 4.69) is 94.6 Å². The van der Waals surface area contributed by atoms with Crippen LogP contribution in [-0.2, 0) is 24.9 Å². The molecule has 0 aliphatic carbocycles. The Balaban J connectivity index is 0.000000388. The second-order valence-electron chi connectivity index (χ2n) is 10.3. The molecule has 0 fully saturated rings. The number of fused-ring (bicyclic) bond motifs is 9. The van der Waals surface area contributed by atoms with Crippen molar-refractivity contribution in [3.05, 3.63) is 127 Å². The van der Waals surface area contributed by atoms with E-state index in [0.717, 1.165) is 44.4 Å². The van der Waals surface area contributed by atoms with Gasteiger partial charge in [0.15, 0.2) is 5.78 Å². The number of carbonyl (C=O) groups is 1. The standard InChI is InChI=1S/C31H18N5.C5H8O2.Ir/c1-4-13-26-22(10-1)23-11-2-5-14-27(23)35(26)21-9-7-8-20(18-21)25-19-32-31-29-16-17-33-36(29)28-15-6-3-12-24(28)30(31)34-25;1-4(6)3-5(2)7;/h1-14,16-19H;3,6H,1-2H3;/q-1;;/b;4-3-;. The summed E-state index contributed by atoms with van der Waals surface area (Å²) in [5.74, 6) is -0.0625. The summed E-state index contributed by atoms with van der Waals surface area (Å²) in [6.07, 6.45) is 4.82. The number of hydrogen-bond acceptors (Lipinski definition) is 5. The molecule has 8 rings (SSSR count). The molecule has 8 aromatic rings. The summed E-state index contributed by atoms with van der Waals surface area (Å²) in [6.45, 7) is 2.85. The van der Waals surface area contributed by atoms with Crippen molar-refractivity contribution in [3.63, 3.8) is 0 Å². The summed E-state index contributed by atoms with van der Waals surface area (Å²) in [4.78, 5) is 20.0. The van der Waals surface area contributed by atoms with E-state index in [1.165, 1.54) is 41.7 Å². The second kappa shape index (κ2) is 11.8. The second-order valence-corrected chi connectivity index (χ2v) is 10.3. The normalized spacial score (nSPS) is 11.5. The first kappa shape index (κ1) is 28.9. The van der Waals surface area contributed by atoms with Crippen LogP contribution in [-0.4, -0.2) is 35.0 Å². The Labute approximate surface area is 266 Å². The number of hydrogen-bond donors (Lipinski definition) is 1. The van der Waals surface area contributed by atoms with E-state index in [0.29, 0.717) is 0 Å². The summed E-state index contributed by atoms with van der Waals surface area (Å²) in [7, 11) is 0. The van der Waals surface area contributed by atoms with Crippen LogP contribution in [0.4, 0.5) is 0 Å². The quantitative estimate of drug-likeness (QED) is 0.0856. The van der Waals surface area contributed by atoms with E-state index < -0.39 is 0 Å². The molecule has 1 radical (unpaired) electrons. The molecule has 7 nitrogen and oxygen atoms in total. The summed E-state index contributed by atoms with van der Waals surface area (Å²) in [5.41, 5.74) is 8.83. The van der Waals surface area contributed by atoms with Crippen molar-refractivity contribution in [3.8, 4) is 16.9 Å². The Morgan fingerprint density at radius 2 is 1.52 bits per heavy atom. The van der Waals surface area contributed by atoms with E-state index in [1.807, 2.05) is 28.9 Å². The van der Waals surface area contributed by atoms with Gasteiger partial charge in [0.2, 0.25) is 0 Å². The molecule has 0 aliphatic heterocycles. The largest absolute Gasteiger partial charge is 0.512 e. The third kappa shape index (κ3) is 5.04. The van der Waals surface area contributed by atoms with E-state index in [9.17, 15) is 4.79 Å². The number of benzene rings is 4. The fourth-order valence-electron chi connectivity index (χ4n) is 5.66. The molecule has 0 bridgehead atoms. The summed E-state index contributed by atoms with van der Waals surface area (Å²) in [5, 5.41) is 16.3. The van der Waals surface area contributed by atoms with Gasteiger partial charge >= 0.3 is 0 Å². The van der Waals surface area contributed by atoms with Crippen molar-refractivity contribution in [2.24, 2.45) is 0 Å². The first-order valence-electron chi connectivity index (χ1n) is 13.9. The number of allylic oxidation sites excluding steroid dienone is 2. The summed E-state index contributed by atoms with van der Waals surface area (Å²) in [6, 6.07) is 36.9. The number of ketones is 1. The van der Waals surface area contributed by atoms with Crippen LogP contribution in [0.2, 0.25) is 0 Å². The minimum Gasteiger partial charge on any atom is -0.512 e. The summed E-state index contributed by atoms with van der Waals surface area (Å²) < 4.78 is 4.21. The van der Waals surface area contributed by atoms with Crippen LogP contribution < -0.4 is 0 Å². The zero-order valence-electron chi connectivity index (χ0n) is 23.9. The monoisotopic (exact) mass is 753 g/mol. The average Bonchev–Trinajstić information content (AvgIpc) is 3.65. The van der Waals surface area contributed by atoms with Gasteiger partial charge in [-0.3, -0.25) is 19.3 Å². The average molecular weight is 753 g/mol. The Morgan fingerprint density at radius 1 is 0.818 bits per heavy atom. The minimum atomic E-state index is -0.125. The maximum absolute atomic E-state index is 10.0. The molecule has 8 heteroatoms.